The van der Waals surface area contributed by atoms with Crippen LogP contribution in [0.5, 0.6) is 0 Å². The number of carbonyl (C=O) groups is 1. The summed E-state index contributed by atoms with van der Waals surface area (Å²) in [5, 5.41) is 11.6. The van der Waals surface area contributed by atoms with E-state index < -0.39 is 0 Å². The standard InChI is InChI=1S/C16H19NO2S/c1-16(9-3-11-20-16)15(19)17-12-14-7-5-13(6-8-14)4-2-10-18/h5-8,18H,3,9-12H2,1H3,(H,17,19). The van der Waals surface area contributed by atoms with Gasteiger partial charge in [-0.05, 0) is 43.2 Å². The zero-order valence-electron chi connectivity index (χ0n) is 11.6. The molecule has 0 radical (unpaired) electrons. The maximum Gasteiger partial charge on any atom is 0.236 e. The van der Waals surface area contributed by atoms with Crippen molar-refractivity contribution in [3.05, 3.63) is 35.4 Å². The van der Waals surface area contributed by atoms with Gasteiger partial charge < -0.3 is 10.4 Å². The molecule has 1 aliphatic rings. The summed E-state index contributed by atoms with van der Waals surface area (Å²) in [6.45, 7) is 2.43. The van der Waals surface area contributed by atoms with E-state index in [9.17, 15) is 4.79 Å². The average Bonchev–Trinajstić information content (AvgIpc) is 2.92. The van der Waals surface area contributed by atoms with Gasteiger partial charge in [0.05, 0.1) is 4.75 Å². The first-order valence-corrected chi connectivity index (χ1v) is 7.73. The van der Waals surface area contributed by atoms with Crippen LogP contribution in [-0.2, 0) is 11.3 Å². The number of hydrogen-bond donors (Lipinski definition) is 2. The fourth-order valence-electron chi connectivity index (χ4n) is 2.18. The van der Waals surface area contributed by atoms with Crippen molar-refractivity contribution in [1.82, 2.24) is 5.32 Å². The molecule has 0 spiro atoms. The Labute approximate surface area is 124 Å². The van der Waals surface area contributed by atoms with Crippen molar-refractivity contribution in [2.75, 3.05) is 12.4 Å². The Bertz CT molecular complexity index is 522. The van der Waals surface area contributed by atoms with Crippen LogP contribution in [0.3, 0.4) is 0 Å². The van der Waals surface area contributed by atoms with Crippen LogP contribution in [0.2, 0.25) is 0 Å². The molecule has 1 saturated heterocycles. The largest absolute Gasteiger partial charge is 0.384 e. The molecule has 1 aromatic rings. The van der Waals surface area contributed by atoms with Crippen molar-refractivity contribution < 1.29 is 9.90 Å². The topological polar surface area (TPSA) is 49.3 Å². The average molecular weight is 289 g/mol. The SMILES string of the molecule is CC1(C(=O)NCc2ccc(C#CCO)cc2)CCCS1. The van der Waals surface area contributed by atoms with Crippen molar-refractivity contribution >= 4 is 17.7 Å². The van der Waals surface area contributed by atoms with E-state index in [1.54, 1.807) is 11.8 Å². The molecule has 1 aliphatic heterocycles. The van der Waals surface area contributed by atoms with Crippen molar-refractivity contribution in [3.8, 4) is 11.8 Å². The molecule has 0 bridgehead atoms. The van der Waals surface area contributed by atoms with Crippen LogP contribution >= 0.6 is 11.8 Å². The highest BCUT2D eigenvalue weighted by Gasteiger charge is 2.36. The minimum Gasteiger partial charge on any atom is -0.384 e. The van der Waals surface area contributed by atoms with E-state index in [1.807, 2.05) is 31.2 Å². The van der Waals surface area contributed by atoms with Gasteiger partial charge in [-0.25, -0.2) is 0 Å². The van der Waals surface area contributed by atoms with E-state index in [0.29, 0.717) is 6.54 Å². The molecular formula is C16H19NO2S. The molecule has 0 aromatic heterocycles. The lowest BCUT2D eigenvalue weighted by atomic mass is 10.0. The van der Waals surface area contributed by atoms with E-state index in [0.717, 1.165) is 29.7 Å². The van der Waals surface area contributed by atoms with Gasteiger partial charge in [0.15, 0.2) is 0 Å². The third-order valence-electron chi connectivity index (χ3n) is 3.42. The molecule has 1 aromatic carbocycles. The van der Waals surface area contributed by atoms with Crippen LogP contribution in [0.1, 0.15) is 30.9 Å². The van der Waals surface area contributed by atoms with E-state index in [4.69, 9.17) is 5.11 Å². The zero-order valence-corrected chi connectivity index (χ0v) is 12.4. The Morgan fingerprint density at radius 1 is 1.45 bits per heavy atom. The molecule has 3 nitrogen and oxygen atoms in total. The van der Waals surface area contributed by atoms with Gasteiger partial charge in [-0.3, -0.25) is 4.79 Å². The molecule has 4 heteroatoms. The zero-order chi connectivity index (χ0) is 14.4. The molecule has 106 valence electrons. The Balaban J connectivity index is 1.89. The van der Waals surface area contributed by atoms with Gasteiger partial charge in [0.2, 0.25) is 5.91 Å². The number of rotatable bonds is 3. The van der Waals surface area contributed by atoms with E-state index in [1.165, 1.54) is 0 Å². The number of benzene rings is 1. The number of thioether (sulfide) groups is 1. The third-order valence-corrected chi connectivity index (χ3v) is 4.94. The van der Waals surface area contributed by atoms with Gasteiger partial charge in [0.25, 0.3) is 0 Å². The quantitative estimate of drug-likeness (QED) is 0.836. The van der Waals surface area contributed by atoms with Gasteiger partial charge in [-0.15, -0.1) is 11.8 Å². The van der Waals surface area contributed by atoms with Crippen molar-refractivity contribution in [3.63, 3.8) is 0 Å². The summed E-state index contributed by atoms with van der Waals surface area (Å²) in [6, 6.07) is 7.70. The summed E-state index contributed by atoms with van der Waals surface area (Å²) in [5.41, 5.74) is 1.92. The van der Waals surface area contributed by atoms with E-state index in [-0.39, 0.29) is 17.3 Å². The number of amides is 1. The first-order chi connectivity index (χ1) is 9.64. The summed E-state index contributed by atoms with van der Waals surface area (Å²) in [5.74, 6) is 6.66. The Morgan fingerprint density at radius 3 is 2.80 bits per heavy atom. The third kappa shape index (κ3) is 3.78. The number of aliphatic hydroxyl groups is 1. The second-order valence-corrected chi connectivity index (χ2v) is 6.62. The Hall–Kier alpha value is -1.44. The number of hydrogen-bond acceptors (Lipinski definition) is 3. The first-order valence-electron chi connectivity index (χ1n) is 6.75. The maximum absolute atomic E-state index is 12.2. The summed E-state index contributed by atoms with van der Waals surface area (Å²) in [7, 11) is 0. The van der Waals surface area contributed by atoms with Crippen molar-refractivity contribution in [1.29, 1.82) is 0 Å². The summed E-state index contributed by atoms with van der Waals surface area (Å²) >= 11 is 1.75. The molecule has 2 N–H and O–H groups in total. The van der Waals surface area contributed by atoms with Gasteiger partial charge in [0.1, 0.15) is 6.61 Å². The molecule has 0 aliphatic carbocycles. The lowest BCUT2D eigenvalue weighted by Gasteiger charge is -2.21. The number of aliphatic hydroxyl groups excluding tert-OH is 1. The van der Waals surface area contributed by atoms with Crippen LogP contribution in [0.15, 0.2) is 24.3 Å². The second-order valence-electron chi connectivity index (χ2n) is 5.02. The highest BCUT2D eigenvalue weighted by atomic mass is 32.2. The van der Waals surface area contributed by atoms with Gasteiger partial charge >= 0.3 is 0 Å². The van der Waals surface area contributed by atoms with E-state index >= 15 is 0 Å². The van der Waals surface area contributed by atoms with Crippen LogP contribution < -0.4 is 5.32 Å². The molecule has 20 heavy (non-hydrogen) atoms. The first kappa shape index (κ1) is 15.0. The fraction of sp³-hybridized carbons (Fsp3) is 0.438. The fourth-order valence-corrected chi connectivity index (χ4v) is 3.41. The van der Waals surface area contributed by atoms with Gasteiger partial charge in [-0.1, -0.05) is 24.0 Å². The molecule has 0 saturated carbocycles. The maximum atomic E-state index is 12.2. The summed E-state index contributed by atoms with van der Waals surface area (Å²) < 4.78 is -0.257. The minimum atomic E-state index is -0.257. The normalized spacial score (nSPS) is 21.1. The van der Waals surface area contributed by atoms with Crippen molar-refractivity contribution in [2.24, 2.45) is 0 Å². The van der Waals surface area contributed by atoms with Gasteiger partial charge in [-0.2, -0.15) is 0 Å². The lowest BCUT2D eigenvalue weighted by molar-refractivity contribution is -0.123. The molecule has 1 unspecified atom stereocenters. The van der Waals surface area contributed by atoms with E-state index in [2.05, 4.69) is 17.2 Å². The number of nitrogens with one attached hydrogen (secondary N) is 1. The van der Waals surface area contributed by atoms with Crippen LogP contribution in [0.25, 0.3) is 0 Å². The molecule has 1 fully saturated rings. The summed E-state index contributed by atoms with van der Waals surface area (Å²) in [4.78, 5) is 12.2. The van der Waals surface area contributed by atoms with Gasteiger partial charge in [0, 0.05) is 12.1 Å². The molecule has 1 heterocycles. The van der Waals surface area contributed by atoms with Crippen LogP contribution in [0, 0.1) is 11.8 Å². The van der Waals surface area contributed by atoms with Crippen LogP contribution in [0.4, 0.5) is 0 Å². The van der Waals surface area contributed by atoms with Crippen molar-refractivity contribution in [2.45, 2.75) is 31.1 Å². The summed E-state index contributed by atoms with van der Waals surface area (Å²) in [6.07, 6.45) is 2.08. The molecule has 1 atom stereocenters. The lowest BCUT2D eigenvalue weighted by Crippen LogP contribution is -2.39. The highest BCUT2D eigenvalue weighted by molar-refractivity contribution is 8.01. The monoisotopic (exact) mass is 289 g/mol. The Morgan fingerprint density at radius 2 is 2.20 bits per heavy atom. The van der Waals surface area contributed by atoms with Crippen LogP contribution in [-0.4, -0.2) is 28.1 Å². The Kier molecular flexibility index (Phi) is 5.11. The highest BCUT2D eigenvalue weighted by Crippen LogP contribution is 2.37. The molecule has 1 amide bonds. The predicted octanol–water partition coefficient (Wildman–Crippen LogP) is 1.93. The second kappa shape index (κ2) is 6.83. The molecule has 2 rings (SSSR count). The minimum absolute atomic E-state index is 0.129. The number of carbonyl (C=O) groups excluding carboxylic acids is 1. The molecular weight excluding hydrogens is 270 g/mol. The smallest absolute Gasteiger partial charge is 0.236 e. The predicted molar refractivity (Wildman–Crippen MR) is 82.3 cm³/mol.